The SMILES string of the molecule is CCCC(CC)CCN1CCCC(/C(N)=N/C(=O)Nc2ccc3c(ccn3C)c2)C1. The molecule has 0 radical (unpaired) electrons. The Hall–Kier alpha value is -2.34. The average molecular weight is 412 g/mol. The molecule has 2 heterocycles. The van der Waals surface area contributed by atoms with E-state index in [1.807, 2.05) is 37.5 Å². The van der Waals surface area contributed by atoms with Crippen LogP contribution in [0.5, 0.6) is 0 Å². The molecule has 1 fully saturated rings. The number of aryl methyl sites for hydroxylation is 1. The molecule has 1 saturated heterocycles. The maximum atomic E-state index is 12.4. The number of aliphatic imine (C=N–C) groups is 1. The molecule has 2 unspecified atom stereocenters. The Balaban J connectivity index is 1.54. The van der Waals surface area contributed by atoms with Crippen LogP contribution in [0.15, 0.2) is 35.5 Å². The average Bonchev–Trinajstić information content (AvgIpc) is 3.11. The number of rotatable bonds is 8. The molecule has 1 aromatic heterocycles. The highest BCUT2D eigenvalue weighted by Gasteiger charge is 2.23. The summed E-state index contributed by atoms with van der Waals surface area (Å²) < 4.78 is 2.05. The Morgan fingerprint density at radius 1 is 1.30 bits per heavy atom. The number of amidine groups is 1. The van der Waals surface area contributed by atoms with E-state index in [9.17, 15) is 4.79 Å². The molecule has 2 aromatic rings. The summed E-state index contributed by atoms with van der Waals surface area (Å²) in [6, 6.07) is 7.49. The first-order valence-corrected chi connectivity index (χ1v) is 11.4. The van der Waals surface area contributed by atoms with Crippen LogP contribution in [-0.4, -0.2) is 41.0 Å². The van der Waals surface area contributed by atoms with Gasteiger partial charge in [0.15, 0.2) is 0 Å². The van der Waals surface area contributed by atoms with Crippen molar-refractivity contribution in [3.8, 4) is 0 Å². The molecule has 1 aliphatic rings. The summed E-state index contributed by atoms with van der Waals surface area (Å²) in [6.45, 7) is 7.69. The molecule has 164 valence electrons. The molecule has 6 nitrogen and oxygen atoms in total. The lowest BCUT2D eigenvalue weighted by molar-refractivity contribution is 0.188. The second kappa shape index (κ2) is 10.6. The Kier molecular flexibility index (Phi) is 7.91. The summed E-state index contributed by atoms with van der Waals surface area (Å²) in [5.41, 5.74) is 8.11. The minimum absolute atomic E-state index is 0.160. The molecule has 2 amide bonds. The standard InChI is InChI=1S/C24H37N5O/c1-4-7-18(5-2)11-15-29-13-6-8-20(17-29)23(25)27-24(30)26-21-9-10-22-19(16-21)12-14-28(22)3/h9-10,12,14,16,18,20H,4-8,11,13,15,17H2,1-3H3,(H3,25,26,27,30). The van der Waals surface area contributed by atoms with Crippen LogP contribution in [0.3, 0.4) is 0 Å². The Morgan fingerprint density at radius 3 is 2.90 bits per heavy atom. The Morgan fingerprint density at radius 2 is 2.13 bits per heavy atom. The van der Waals surface area contributed by atoms with Crippen molar-refractivity contribution in [2.24, 2.45) is 29.6 Å². The van der Waals surface area contributed by atoms with Gasteiger partial charge in [-0.25, -0.2) is 4.79 Å². The highest BCUT2D eigenvalue weighted by atomic mass is 16.2. The zero-order valence-corrected chi connectivity index (χ0v) is 18.7. The van der Waals surface area contributed by atoms with Crippen molar-refractivity contribution in [2.75, 3.05) is 25.0 Å². The van der Waals surface area contributed by atoms with Crippen LogP contribution < -0.4 is 11.1 Å². The number of amides is 2. The highest BCUT2D eigenvalue weighted by molar-refractivity contribution is 6.01. The van der Waals surface area contributed by atoms with Gasteiger partial charge in [-0.1, -0.05) is 33.1 Å². The van der Waals surface area contributed by atoms with E-state index in [0.717, 1.165) is 55.0 Å². The van der Waals surface area contributed by atoms with E-state index >= 15 is 0 Å². The zero-order chi connectivity index (χ0) is 21.5. The predicted octanol–water partition coefficient (Wildman–Crippen LogP) is 5.00. The molecule has 1 aromatic carbocycles. The fourth-order valence-electron chi connectivity index (χ4n) is 4.55. The molecule has 1 aliphatic heterocycles. The maximum Gasteiger partial charge on any atom is 0.347 e. The molecule has 0 bridgehead atoms. The van der Waals surface area contributed by atoms with E-state index in [2.05, 4.69) is 33.6 Å². The number of nitrogens with zero attached hydrogens (tertiary/aromatic N) is 3. The number of hydrogen-bond donors (Lipinski definition) is 2. The van der Waals surface area contributed by atoms with Crippen LogP contribution in [0.2, 0.25) is 0 Å². The summed E-state index contributed by atoms with van der Waals surface area (Å²) >= 11 is 0. The largest absolute Gasteiger partial charge is 0.387 e. The van der Waals surface area contributed by atoms with E-state index in [1.54, 1.807) is 0 Å². The van der Waals surface area contributed by atoms with Crippen molar-refractivity contribution in [3.63, 3.8) is 0 Å². The van der Waals surface area contributed by atoms with Crippen LogP contribution in [0, 0.1) is 11.8 Å². The highest BCUT2D eigenvalue weighted by Crippen LogP contribution is 2.22. The van der Waals surface area contributed by atoms with Crippen LogP contribution in [0.1, 0.15) is 52.4 Å². The molecule has 3 rings (SSSR count). The number of likely N-dealkylation sites (tertiary alicyclic amines) is 1. The smallest absolute Gasteiger partial charge is 0.347 e. The normalized spacial score (nSPS) is 19.2. The minimum atomic E-state index is -0.395. The molecule has 30 heavy (non-hydrogen) atoms. The van der Waals surface area contributed by atoms with E-state index in [0.29, 0.717) is 5.84 Å². The van der Waals surface area contributed by atoms with Crippen molar-refractivity contribution in [3.05, 3.63) is 30.5 Å². The van der Waals surface area contributed by atoms with Gasteiger partial charge in [-0.2, -0.15) is 4.99 Å². The number of nitrogens with two attached hydrogens (primary N) is 1. The molecule has 0 saturated carbocycles. The molecule has 2 atom stereocenters. The summed E-state index contributed by atoms with van der Waals surface area (Å²) in [6.07, 6.45) is 9.19. The van der Waals surface area contributed by atoms with Crippen molar-refractivity contribution in [2.45, 2.75) is 52.4 Å². The molecule has 6 heteroatoms. The van der Waals surface area contributed by atoms with Crippen LogP contribution in [0.4, 0.5) is 10.5 Å². The quantitative estimate of drug-likeness (QED) is 0.474. The third kappa shape index (κ3) is 5.85. The lowest BCUT2D eigenvalue weighted by Crippen LogP contribution is -2.42. The van der Waals surface area contributed by atoms with Gasteiger partial charge >= 0.3 is 6.03 Å². The van der Waals surface area contributed by atoms with Crippen molar-refractivity contribution < 1.29 is 4.79 Å². The third-order valence-corrected chi connectivity index (χ3v) is 6.42. The van der Waals surface area contributed by atoms with Gasteiger partial charge in [0.2, 0.25) is 0 Å². The molecule has 0 spiro atoms. The number of anilines is 1. The first-order valence-electron chi connectivity index (χ1n) is 11.4. The molecule has 0 aliphatic carbocycles. The van der Waals surface area contributed by atoms with Gasteiger partial charge < -0.3 is 20.5 Å². The number of carbonyl (C=O) groups excluding carboxylic acids is 1. The lowest BCUT2D eigenvalue weighted by atomic mass is 9.94. The van der Waals surface area contributed by atoms with Crippen molar-refractivity contribution in [1.29, 1.82) is 0 Å². The molecule has 3 N–H and O–H groups in total. The number of urea groups is 1. The number of piperidine rings is 1. The van der Waals surface area contributed by atoms with Gasteiger partial charge in [-0.05, 0) is 62.5 Å². The number of benzene rings is 1. The van der Waals surface area contributed by atoms with Gasteiger partial charge in [0.05, 0.1) is 0 Å². The monoisotopic (exact) mass is 411 g/mol. The van der Waals surface area contributed by atoms with E-state index in [-0.39, 0.29) is 5.92 Å². The van der Waals surface area contributed by atoms with Crippen LogP contribution in [0.25, 0.3) is 10.9 Å². The first-order chi connectivity index (χ1) is 14.5. The first kappa shape index (κ1) is 22.3. The predicted molar refractivity (Wildman–Crippen MR) is 126 cm³/mol. The van der Waals surface area contributed by atoms with Crippen molar-refractivity contribution >= 4 is 28.5 Å². The summed E-state index contributed by atoms with van der Waals surface area (Å²) in [4.78, 5) is 19.1. The van der Waals surface area contributed by atoms with Gasteiger partial charge in [-0.15, -0.1) is 0 Å². The summed E-state index contributed by atoms with van der Waals surface area (Å²) in [5, 5.41) is 3.94. The number of hydrogen-bond acceptors (Lipinski definition) is 2. The second-order valence-electron chi connectivity index (χ2n) is 8.66. The fourth-order valence-corrected chi connectivity index (χ4v) is 4.55. The molecular weight excluding hydrogens is 374 g/mol. The second-order valence-corrected chi connectivity index (χ2v) is 8.66. The van der Waals surface area contributed by atoms with Crippen LogP contribution in [-0.2, 0) is 7.05 Å². The Labute approximate surface area is 180 Å². The maximum absolute atomic E-state index is 12.4. The third-order valence-electron chi connectivity index (χ3n) is 6.42. The molecular formula is C24H37N5O. The Bertz CT molecular complexity index is 872. The lowest BCUT2D eigenvalue weighted by Gasteiger charge is -2.33. The fraction of sp³-hybridized carbons (Fsp3) is 0.583. The number of fused-ring (bicyclic) bond motifs is 1. The number of carbonyl (C=O) groups is 1. The van der Waals surface area contributed by atoms with E-state index in [4.69, 9.17) is 5.73 Å². The zero-order valence-electron chi connectivity index (χ0n) is 18.7. The number of aromatic nitrogens is 1. The van der Waals surface area contributed by atoms with E-state index < -0.39 is 6.03 Å². The van der Waals surface area contributed by atoms with Gasteiger partial charge in [0, 0.05) is 42.3 Å². The van der Waals surface area contributed by atoms with Crippen LogP contribution >= 0.6 is 0 Å². The van der Waals surface area contributed by atoms with Gasteiger partial charge in [0.1, 0.15) is 5.84 Å². The minimum Gasteiger partial charge on any atom is -0.387 e. The summed E-state index contributed by atoms with van der Waals surface area (Å²) in [5.74, 6) is 1.43. The number of nitrogens with one attached hydrogen (secondary N) is 1. The van der Waals surface area contributed by atoms with Crippen molar-refractivity contribution in [1.82, 2.24) is 9.47 Å². The summed E-state index contributed by atoms with van der Waals surface area (Å²) in [7, 11) is 2.01. The topological polar surface area (TPSA) is 75.7 Å². The van der Waals surface area contributed by atoms with Gasteiger partial charge in [0.25, 0.3) is 0 Å². The van der Waals surface area contributed by atoms with E-state index in [1.165, 1.54) is 25.7 Å². The van der Waals surface area contributed by atoms with Gasteiger partial charge in [-0.3, -0.25) is 0 Å².